The van der Waals surface area contributed by atoms with Crippen LogP contribution in [0.4, 0.5) is 0 Å². The highest BCUT2D eigenvalue weighted by atomic mass is 16.5. The van der Waals surface area contributed by atoms with Gasteiger partial charge in [0.05, 0.1) is 11.6 Å². The van der Waals surface area contributed by atoms with Gasteiger partial charge in [-0.1, -0.05) is 30.7 Å². The van der Waals surface area contributed by atoms with Gasteiger partial charge in [-0.05, 0) is 50.8 Å². The van der Waals surface area contributed by atoms with E-state index in [1.807, 2.05) is 7.05 Å². The zero-order valence-corrected chi connectivity index (χ0v) is 12.0. The lowest BCUT2D eigenvalue weighted by molar-refractivity contribution is -0.00901. The largest absolute Gasteiger partial charge is 0.377 e. The van der Waals surface area contributed by atoms with Crippen LogP contribution in [0.25, 0.3) is 0 Å². The Kier molecular flexibility index (Phi) is 4.08. The van der Waals surface area contributed by atoms with Crippen LogP contribution in [0, 0.1) is 0 Å². The minimum Gasteiger partial charge on any atom is -0.377 e. The summed E-state index contributed by atoms with van der Waals surface area (Å²) in [4.78, 5) is 0. The minimum atomic E-state index is -0.201. The normalized spacial score (nSPS) is 18.4. The van der Waals surface area contributed by atoms with Crippen LogP contribution in [0.2, 0.25) is 0 Å². The maximum Gasteiger partial charge on any atom is 0.0816 e. The average Bonchev–Trinajstić information content (AvgIpc) is 2.28. The summed E-state index contributed by atoms with van der Waals surface area (Å²) in [5.41, 5.74) is 2.62. The van der Waals surface area contributed by atoms with Gasteiger partial charge in [-0.15, -0.1) is 0 Å². The molecule has 1 saturated carbocycles. The predicted molar refractivity (Wildman–Crippen MR) is 75.9 cm³/mol. The van der Waals surface area contributed by atoms with Crippen LogP contribution in [0.5, 0.6) is 0 Å². The van der Waals surface area contributed by atoms with E-state index in [-0.39, 0.29) is 11.6 Å². The first-order chi connectivity index (χ1) is 8.58. The van der Waals surface area contributed by atoms with Crippen molar-refractivity contribution in [2.45, 2.75) is 50.7 Å². The zero-order valence-electron chi connectivity index (χ0n) is 12.0. The molecular formula is C16H25NO. The number of methoxy groups -OCH3 is 1. The molecule has 1 unspecified atom stereocenters. The Morgan fingerprint density at radius 1 is 1.33 bits per heavy atom. The van der Waals surface area contributed by atoms with Crippen LogP contribution < -0.4 is 5.32 Å². The van der Waals surface area contributed by atoms with Crippen molar-refractivity contribution in [3.8, 4) is 0 Å². The van der Waals surface area contributed by atoms with E-state index < -0.39 is 0 Å². The van der Waals surface area contributed by atoms with Gasteiger partial charge in [-0.2, -0.15) is 0 Å². The fourth-order valence-corrected chi connectivity index (χ4v) is 2.77. The number of rotatable bonds is 5. The molecule has 0 aromatic heterocycles. The summed E-state index contributed by atoms with van der Waals surface area (Å²) in [5, 5.41) is 3.39. The van der Waals surface area contributed by atoms with Crippen molar-refractivity contribution >= 4 is 0 Å². The zero-order chi connectivity index (χ0) is 13.2. The van der Waals surface area contributed by atoms with E-state index in [4.69, 9.17) is 4.74 Å². The molecule has 0 aliphatic heterocycles. The molecule has 18 heavy (non-hydrogen) atoms. The highest BCUT2D eigenvalue weighted by Crippen LogP contribution is 2.38. The van der Waals surface area contributed by atoms with Crippen molar-refractivity contribution in [1.29, 1.82) is 0 Å². The van der Waals surface area contributed by atoms with Gasteiger partial charge in [-0.25, -0.2) is 0 Å². The first kappa shape index (κ1) is 13.6. The fraction of sp³-hybridized carbons (Fsp3) is 0.625. The second kappa shape index (κ2) is 5.41. The maximum absolute atomic E-state index is 5.62. The lowest BCUT2D eigenvalue weighted by atomic mass is 9.79. The van der Waals surface area contributed by atoms with Gasteiger partial charge in [0.1, 0.15) is 0 Å². The Morgan fingerprint density at radius 2 is 2.06 bits per heavy atom. The second-order valence-corrected chi connectivity index (χ2v) is 5.83. The monoisotopic (exact) mass is 247 g/mol. The van der Waals surface area contributed by atoms with Gasteiger partial charge >= 0.3 is 0 Å². The number of hydrogen-bond donors (Lipinski definition) is 1. The molecule has 0 radical (unpaired) electrons. The molecule has 0 amide bonds. The first-order valence-electron chi connectivity index (χ1n) is 6.90. The Bertz CT molecular complexity index is 396. The summed E-state index contributed by atoms with van der Waals surface area (Å²) >= 11 is 0. The topological polar surface area (TPSA) is 21.3 Å². The van der Waals surface area contributed by atoms with Crippen LogP contribution in [-0.4, -0.2) is 19.8 Å². The van der Waals surface area contributed by atoms with Crippen LogP contribution in [0.1, 0.15) is 56.2 Å². The van der Waals surface area contributed by atoms with Crippen LogP contribution >= 0.6 is 0 Å². The predicted octanol–water partition coefficient (Wildman–Crippen LogP) is 3.64. The summed E-state index contributed by atoms with van der Waals surface area (Å²) in [6.07, 6.45) is 4.08. The number of benzene rings is 1. The maximum atomic E-state index is 5.62. The van der Waals surface area contributed by atoms with Gasteiger partial charge in [-0.3, -0.25) is 0 Å². The molecule has 1 aromatic carbocycles. The van der Waals surface area contributed by atoms with E-state index in [1.165, 1.54) is 30.4 Å². The number of likely N-dealkylation sites (N-methyl/N-ethyl adjacent to an activating group) is 1. The van der Waals surface area contributed by atoms with E-state index in [0.717, 1.165) is 5.92 Å². The Morgan fingerprint density at radius 3 is 2.56 bits per heavy atom. The molecule has 1 fully saturated rings. The molecule has 1 aromatic rings. The van der Waals surface area contributed by atoms with Crippen LogP contribution in [-0.2, 0) is 4.74 Å². The molecular weight excluding hydrogens is 222 g/mol. The first-order valence-corrected chi connectivity index (χ1v) is 6.90. The van der Waals surface area contributed by atoms with Crippen molar-refractivity contribution < 1.29 is 4.74 Å². The summed E-state index contributed by atoms with van der Waals surface area (Å²) in [6.45, 7) is 4.26. The highest BCUT2D eigenvalue weighted by Gasteiger charge is 2.30. The third-order valence-corrected chi connectivity index (χ3v) is 4.33. The summed E-state index contributed by atoms with van der Waals surface area (Å²) in [5.74, 6) is 0.785. The van der Waals surface area contributed by atoms with Crippen molar-refractivity contribution in [1.82, 2.24) is 5.32 Å². The lowest BCUT2D eigenvalue weighted by Gasteiger charge is -2.34. The summed E-state index contributed by atoms with van der Waals surface area (Å²) < 4.78 is 5.62. The molecule has 2 rings (SSSR count). The molecule has 2 nitrogen and oxygen atoms in total. The smallest absolute Gasteiger partial charge is 0.0816 e. The second-order valence-electron chi connectivity index (χ2n) is 5.83. The number of ether oxygens (including phenoxy) is 1. The van der Waals surface area contributed by atoms with Gasteiger partial charge in [0.2, 0.25) is 0 Å². The summed E-state index contributed by atoms with van der Waals surface area (Å²) in [7, 11) is 3.78. The van der Waals surface area contributed by atoms with Crippen molar-refractivity contribution in [3.63, 3.8) is 0 Å². The Hall–Kier alpha value is -0.860. The van der Waals surface area contributed by atoms with E-state index in [1.54, 1.807) is 7.11 Å². The molecule has 2 heteroatoms. The Balaban J connectivity index is 2.25. The number of hydrogen-bond acceptors (Lipinski definition) is 2. The number of nitrogens with one attached hydrogen (secondary N) is 1. The third kappa shape index (κ3) is 2.60. The average molecular weight is 247 g/mol. The lowest BCUT2D eigenvalue weighted by Crippen LogP contribution is -2.39. The van der Waals surface area contributed by atoms with Gasteiger partial charge in [0.15, 0.2) is 0 Å². The van der Waals surface area contributed by atoms with Crippen molar-refractivity contribution in [2.24, 2.45) is 0 Å². The Labute approximate surface area is 111 Å². The molecule has 1 atom stereocenters. The standard InChI is InChI=1S/C16H25NO/c1-16(2,18-4)15(17-3)14-10-6-9-13(11-14)12-7-5-8-12/h6,9-12,15,17H,5,7-8H2,1-4H3. The molecule has 0 spiro atoms. The SMILES string of the molecule is CNC(c1cccc(C2CCC2)c1)C(C)(C)OC. The molecule has 0 bridgehead atoms. The quantitative estimate of drug-likeness (QED) is 0.857. The van der Waals surface area contributed by atoms with Gasteiger partial charge < -0.3 is 10.1 Å². The van der Waals surface area contributed by atoms with Crippen molar-refractivity contribution in [2.75, 3.05) is 14.2 Å². The highest BCUT2D eigenvalue weighted by molar-refractivity contribution is 5.31. The fourth-order valence-electron chi connectivity index (χ4n) is 2.77. The van der Waals surface area contributed by atoms with Crippen LogP contribution in [0.3, 0.4) is 0 Å². The summed E-state index contributed by atoms with van der Waals surface area (Å²) in [6, 6.07) is 9.22. The molecule has 1 N–H and O–H groups in total. The third-order valence-electron chi connectivity index (χ3n) is 4.33. The molecule has 0 saturated heterocycles. The van der Waals surface area contributed by atoms with E-state index in [2.05, 4.69) is 43.4 Å². The van der Waals surface area contributed by atoms with E-state index in [9.17, 15) is 0 Å². The van der Waals surface area contributed by atoms with E-state index >= 15 is 0 Å². The van der Waals surface area contributed by atoms with Gasteiger partial charge in [0, 0.05) is 7.11 Å². The van der Waals surface area contributed by atoms with Gasteiger partial charge in [0.25, 0.3) is 0 Å². The molecule has 100 valence electrons. The minimum absolute atomic E-state index is 0.201. The van der Waals surface area contributed by atoms with E-state index in [0.29, 0.717) is 0 Å². The molecule has 1 aliphatic rings. The molecule has 0 heterocycles. The molecule has 1 aliphatic carbocycles. The van der Waals surface area contributed by atoms with Crippen LogP contribution in [0.15, 0.2) is 24.3 Å². The van der Waals surface area contributed by atoms with Crippen molar-refractivity contribution in [3.05, 3.63) is 35.4 Å².